The van der Waals surface area contributed by atoms with Gasteiger partial charge in [-0.15, -0.1) is 12.4 Å². The highest BCUT2D eigenvalue weighted by Crippen LogP contribution is 2.41. The van der Waals surface area contributed by atoms with E-state index in [1.807, 2.05) is 12.1 Å². The van der Waals surface area contributed by atoms with E-state index in [9.17, 15) is 4.39 Å². The summed E-state index contributed by atoms with van der Waals surface area (Å²) in [5, 5.41) is 5.39. The molecule has 0 amide bonds. The van der Waals surface area contributed by atoms with Gasteiger partial charge in [-0.05, 0) is 72.9 Å². The number of nitrogens with one attached hydrogen (secondary N) is 1. The van der Waals surface area contributed by atoms with Crippen molar-refractivity contribution in [3.63, 3.8) is 0 Å². The molecule has 3 nitrogen and oxygen atoms in total. The van der Waals surface area contributed by atoms with Gasteiger partial charge in [0.15, 0.2) is 0 Å². The molecule has 0 unspecified atom stereocenters. The van der Waals surface area contributed by atoms with Gasteiger partial charge < -0.3 is 10.1 Å². The summed E-state index contributed by atoms with van der Waals surface area (Å²) in [5.41, 5.74) is 2.12. The van der Waals surface area contributed by atoms with Crippen LogP contribution in [0.1, 0.15) is 42.7 Å². The fourth-order valence-electron chi connectivity index (χ4n) is 3.91. The lowest BCUT2D eigenvalue weighted by Crippen LogP contribution is -2.46. The molecule has 2 saturated carbocycles. The molecule has 5 rings (SSSR count). The Morgan fingerprint density at radius 1 is 1.11 bits per heavy atom. The first kappa shape index (κ1) is 19.2. The third-order valence-corrected chi connectivity index (χ3v) is 5.75. The molecule has 0 atom stereocenters. The van der Waals surface area contributed by atoms with Crippen LogP contribution in [-0.2, 0) is 6.54 Å². The summed E-state index contributed by atoms with van der Waals surface area (Å²) < 4.78 is 20.4. The van der Waals surface area contributed by atoms with Crippen molar-refractivity contribution in [1.82, 2.24) is 10.3 Å². The molecule has 0 saturated heterocycles. The highest BCUT2D eigenvalue weighted by Gasteiger charge is 2.31. The van der Waals surface area contributed by atoms with E-state index in [0.29, 0.717) is 12.6 Å². The number of fused-ring (bicyclic) bond motifs is 1. The zero-order valence-electron chi connectivity index (χ0n) is 15.6. The van der Waals surface area contributed by atoms with Gasteiger partial charge >= 0.3 is 0 Å². The molecule has 3 aromatic rings. The minimum absolute atomic E-state index is 0. The van der Waals surface area contributed by atoms with Gasteiger partial charge in [-0.1, -0.05) is 12.1 Å². The average Bonchev–Trinajstić information content (AvgIpc) is 3.50. The molecule has 0 aliphatic heterocycles. The Hall–Kier alpha value is -2.17. The van der Waals surface area contributed by atoms with Crippen LogP contribution in [0.15, 0.2) is 54.9 Å². The van der Waals surface area contributed by atoms with Crippen LogP contribution in [-0.4, -0.2) is 17.1 Å². The Bertz CT molecular complexity index is 970. The standard InChI is InChI=1S/C23H23FN2O.ClH/c24-23-7-6-17-13-25-9-8-21(17)22(23)14-26-18-11-20(12-18)27-19-3-1-2-16(10-19)15-4-5-15;/h1-3,6-10,13,15,18,20,26H,4-5,11-12,14H2;1H. The molecular weight excluding hydrogens is 375 g/mol. The van der Waals surface area contributed by atoms with Crippen molar-refractivity contribution < 1.29 is 9.13 Å². The Labute approximate surface area is 170 Å². The second kappa shape index (κ2) is 8.06. The number of nitrogens with zero attached hydrogens (tertiary/aromatic N) is 1. The molecule has 5 heteroatoms. The van der Waals surface area contributed by atoms with Crippen LogP contribution in [0.25, 0.3) is 10.8 Å². The van der Waals surface area contributed by atoms with Crippen molar-refractivity contribution >= 4 is 23.2 Å². The first-order valence-corrected chi connectivity index (χ1v) is 9.77. The van der Waals surface area contributed by atoms with Crippen LogP contribution in [0.4, 0.5) is 4.39 Å². The molecular formula is C23H24ClFN2O. The summed E-state index contributed by atoms with van der Waals surface area (Å²) in [7, 11) is 0. The summed E-state index contributed by atoms with van der Waals surface area (Å²) >= 11 is 0. The normalized spacial score (nSPS) is 21.0. The predicted octanol–water partition coefficient (Wildman–Crippen LogP) is 5.37. The lowest BCUT2D eigenvalue weighted by atomic mass is 9.89. The van der Waals surface area contributed by atoms with E-state index in [1.54, 1.807) is 18.5 Å². The highest BCUT2D eigenvalue weighted by molar-refractivity contribution is 5.85. The van der Waals surface area contributed by atoms with Crippen LogP contribution in [0, 0.1) is 5.82 Å². The van der Waals surface area contributed by atoms with E-state index in [0.717, 1.165) is 40.8 Å². The maximum Gasteiger partial charge on any atom is 0.128 e. The number of hydrogen-bond acceptors (Lipinski definition) is 3. The Balaban J connectivity index is 0.00000192. The van der Waals surface area contributed by atoms with Gasteiger partial charge in [0.05, 0.1) is 0 Å². The SMILES string of the molecule is Cl.Fc1ccc2cnccc2c1CNC1CC(Oc2cccc(C3CC3)c2)C1. The molecule has 146 valence electrons. The third kappa shape index (κ3) is 3.98. The van der Waals surface area contributed by atoms with Gasteiger partial charge in [-0.2, -0.15) is 0 Å². The van der Waals surface area contributed by atoms with Crippen molar-refractivity contribution in [2.45, 2.75) is 50.3 Å². The van der Waals surface area contributed by atoms with Crippen LogP contribution >= 0.6 is 12.4 Å². The van der Waals surface area contributed by atoms with Crippen LogP contribution in [0.3, 0.4) is 0 Å². The molecule has 2 aliphatic rings. The van der Waals surface area contributed by atoms with Gasteiger partial charge in [-0.25, -0.2) is 4.39 Å². The number of benzene rings is 2. The minimum atomic E-state index is -0.162. The smallest absolute Gasteiger partial charge is 0.128 e. The first-order valence-electron chi connectivity index (χ1n) is 9.77. The van der Waals surface area contributed by atoms with Crippen LogP contribution in [0.2, 0.25) is 0 Å². The summed E-state index contributed by atoms with van der Waals surface area (Å²) in [6.45, 7) is 0.530. The molecule has 1 N–H and O–H groups in total. The number of rotatable bonds is 6. The molecule has 2 fully saturated rings. The van der Waals surface area contributed by atoms with Crippen molar-refractivity contribution in [2.24, 2.45) is 0 Å². The Kier molecular flexibility index (Phi) is 5.51. The molecule has 2 aliphatic carbocycles. The van der Waals surface area contributed by atoms with Crippen molar-refractivity contribution in [3.05, 3.63) is 71.8 Å². The van der Waals surface area contributed by atoms with E-state index >= 15 is 0 Å². The Morgan fingerprint density at radius 3 is 2.79 bits per heavy atom. The van der Waals surface area contributed by atoms with Gasteiger partial charge in [0.25, 0.3) is 0 Å². The molecule has 0 spiro atoms. The highest BCUT2D eigenvalue weighted by atomic mass is 35.5. The number of aromatic nitrogens is 1. The van der Waals surface area contributed by atoms with E-state index in [4.69, 9.17) is 4.74 Å². The fourth-order valence-corrected chi connectivity index (χ4v) is 3.91. The van der Waals surface area contributed by atoms with E-state index < -0.39 is 0 Å². The molecule has 0 radical (unpaired) electrons. The summed E-state index contributed by atoms with van der Waals surface area (Å²) in [4.78, 5) is 4.12. The van der Waals surface area contributed by atoms with E-state index in [1.165, 1.54) is 24.5 Å². The zero-order chi connectivity index (χ0) is 18.2. The molecule has 28 heavy (non-hydrogen) atoms. The largest absolute Gasteiger partial charge is 0.490 e. The topological polar surface area (TPSA) is 34.2 Å². The van der Waals surface area contributed by atoms with Crippen LogP contribution < -0.4 is 10.1 Å². The van der Waals surface area contributed by atoms with E-state index in [2.05, 4.69) is 28.5 Å². The lowest BCUT2D eigenvalue weighted by molar-refractivity contribution is 0.0842. The van der Waals surface area contributed by atoms with Gasteiger partial charge in [-0.3, -0.25) is 4.98 Å². The second-order valence-electron chi connectivity index (χ2n) is 7.76. The number of hydrogen-bond donors (Lipinski definition) is 1. The quantitative estimate of drug-likeness (QED) is 0.605. The third-order valence-electron chi connectivity index (χ3n) is 5.75. The molecule has 1 heterocycles. The fraction of sp³-hybridized carbons (Fsp3) is 0.348. The van der Waals surface area contributed by atoms with Gasteiger partial charge in [0.2, 0.25) is 0 Å². The molecule has 0 bridgehead atoms. The van der Waals surface area contributed by atoms with Crippen LogP contribution in [0.5, 0.6) is 5.75 Å². The monoisotopic (exact) mass is 398 g/mol. The number of ether oxygens (including phenoxy) is 1. The van der Waals surface area contributed by atoms with Crippen molar-refractivity contribution in [1.29, 1.82) is 0 Å². The molecule has 2 aromatic carbocycles. The summed E-state index contributed by atoms with van der Waals surface area (Å²) in [5.74, 6) is 1.57. The predicted molar refractivity (Wildman–Crippen MR) is 112 cm³/mol. The Morgan fingerprint density at radius 2 is 1.96 bits per heavy atom. The minimum Gasteiger partial charge on any atom is -0.490 e. The zero-order valence-corrected chi connectivity index (χ0v) is 16.4. The van der Waals surface area contributed by atoms with Crippen molar-refractivity contribution in [3.8, 4) is 5.75 Å². The van der Waals surface area contributed by atoms with Gasteiger partial charge in [0.1, 0.15) is 17.7 Å². The average molecular weight is 399 g/mol. The summed E-state index contributed by atoms with van der Waals surface area (Å²) in [6.07, 6.45) is 8.27. The first-order chi connectivity index (χ1) is 13.3. The maximum atomic E-state index is 14.3. The maximum absolute atomic E-state index is 14.3. The lowest BCUT2D eigenvalue weighted by Gasteiger charge is -2.36. The van der Waals surface area contributed by atoms with Gasteiger partial charge in [0, 0.05) is 35.9 Å². The van der Waals surface area contributed by atoms with E-state index in [-0.39, 0.29) is 24.3 Å². The summed E-state index contributed by atoms with van der Waals surface area (Å²) in [6, 6.07) is 14.1. The number of halogens is 2. The van der Waals surface area contributed by atoms with Crippen molar-refractivity contribution in [2.75, 3.05) is 0 Å². The second-order valence-corrected chi connectivity index (χ2v) is 7.76. The molecule has 1 aromatic heterocycles. The number of pyridine rings is 1.